The van der Waals surface area contributed by atoms with Gasteiger partial charge in [0.2, 0.25) is 0 Å². The van der Waals surface area contributed by atoms with Gasteiger partial charge < -0.3 is 5.11 Å². The van der Waals surface area contributed by atoms with Gasteiger partial charge in [0.15, 0.2) is 0 Å². The molecule has 1 N–H and O–H groups in total. The summed E-state index contributed by atoms with van der Waals surface area (Å²) in [4.78, 5) is 10.9. The predicted octanol–water partition coefficient (Wildman–Crippen LogP) is 3.58. The van der Waals surface area contributed by atoms with E-state index in [0.717, 1.165) is 18.6 Å². The van der Waals surface area contributed by atoms with E-state index in [0.29, 0.717) is 0 Å². The van der Waals surface area contributed by atoms with Gasteiger partial charge in [-0.25, -0.2) is 0 Å². The third-order valence-corrected chi connectivity index (χ3v) is 3.83. The predicted molar refractivity (Wildman–Crippen MR) is 67.4 cm³/mol. The van der Waals surface area contributed by atoms with Crippen molar-refractivity contribution in [2.24, 2.45) is 5.92 Å². The zero-order chi connectivity index (χ0) is 11.7. The van der Waals surface area contributed by atoms with Crippen LogP contribution < -0.4 is 0 Å². The van der Waals surface area contributed by atoms with Crippen molar-refractivity contribution in [1.29, 1.82) is 0 Å². The van der Waals surface area contributed by atoms with Gasteiger partial charge in [0.05, 0.1) is 0 Å². The van der Waals surface area contributed by atoms with Gasteiger partial charge in [-0.15, -0.1) is 18.3 Å². The molecule has 0 rings (SSSR count). The first-order valence-electron chi connectivity index (χ1n) is 5.55. The highest BCUT2D eigenvalue weighted by atomic mass is 32.2. The van der Waals surface area contributed by atoms with E-state index >= 15 is 0 Å². The molecule has 0 saturated heterocycles. The second kappa shape index (κ2) is 8.84. The first kappa shape index (κ1) is 14.6. The van der Waals surface area contributed by atoms with E-state index in [4.69, 9.17) is 5.11 Å². The molecule has 0 spiro atoms. The summed E-state index contributed by atoms with van der Waals surface area (Å²) in [5.41, 5.74) is 0. The average Bonchev–Trinajstić information content (AvgIpc) is 2.15. The van der Waals surface area contributed by atoms with Crippen LogP contribution in [-0.2, 0) is 4.79 Å². The molecule has 0 amide bonds. The van der Waals surface area contributed by atoms with E-state index in [1.165, 1.54) is 12.8 Å². The quantitative estimate of drug-likeness (QED) is 0.486. The molecule has 0 aliphatic heterocycles. The van der Waals surface area contributed by atoms with Crippen LogP contribution in [0.4, 0.5) is 0 Å². The Morgan fingerprint density at radius 1 is 1.40 bits per heavy atom. The van der Waals surface area contributed by atoms with Gasteiger partial charge in [-0.2, -0.15) is 0 Å². The Morgan fingerprint density at radius 3 is 2.53 bits per heavy atom. The first-order chi connectivity index (χ1) is 7.09. The molecule has 15 heavy (non-hydrogen) atoms. The van der Waals surface area contributed by atoms with E-state index in [2.05, 4.69) is 6.58 Å². The van der Waals surface area contributed by atoms with Crippen molar-refractivity contribution in [3.63, 3.8) is 0 Å². The van der Waals surface area contributed by atoms with Gasteiger partial charge in [0.25, 0.3) is 0 Å². The monoisotopic (exact) mass is 230 g/mol. The Labute approximate surface area is 97.1 Å². The molecular weight excluding hydrogens is 208 g/mol. The van der Waals surface area contributed by atoms with Gasteiger partial charge >= 0.3 is 5.97 Å². The van der Waals surface area contributed by atoms with E-state index in [1.807, 2.05) is 19.9 Å². The molecule has 1 atom stereocenters. The van der Waals surface area contributed by atoms with E-state index in [9.17, 15) is 4.79 Å². The fraction of sp³-hybridized carbons (Fsp3) is 0.750. The minimum atomic E-state index is -0.680. The zero-order valence-electron chi connectivity index (χ0n) is 9.74. The van der Waals surface area contributed by atoms with Crippen LogP contribution >= 0.6 is 11.8 Å². The number of aliphatic carboxylic acids is 1. The molecule has 1 unspecified atom stereocenters. The minimum absolute atomic E-state index is 0.209. The Hall–Kier alpha value is -0.440. The molecule has 0 aromatic heterocycles. The largest absolute Gasteiger partial charge is 0.480 e. The smallest absolute Gasteiger partial charge is 0.316 e. The van der Waals surface area contributed by atoms with Crippen LogP contribution in [0.2, 0.25) is 0 Å². The highest BCUT2D eigenvalue weighted by molar-refractivity contribution is 8.00. The molecule has 0 aromatic rings. The summed E-state index contributed by atoms with van der Waals surface area (Å²) < 4.78 is 0. The van der Waals surface area contributed by atoms with E-state index in [1.54, 1.807) is 11.8 Å². The molecule has 0 aliphatic carbocycles. The maximum absolute atomic E-state index is 10.9. The number of allylic oxidation sites excluding steroid dienone is 1. The highest BCUT2D eigenvalue weighted by Gasteiger charge is 2.20. The molecule has 0 bridgehead atoms. The average molecular weight is 230 g/mol. The molecule has 0 fully saturated rings. The van der Waals surface area contributed by atoms with Gasteiger partial charge in [-0.1, -0.05) is 26.3 Å². The van der Waals surface area contributed by atoms with Crippen molar-refractivity contribution < 1.29 is 9.90 Å². The summed E-state index contributed by atoms with van der Waals surface area (Å²) in [6.45, 7) is 7.59. The topological polar surface area (TPSA) is 37.3 Å². The van der Waals surface area contributed by atoms with Gasteiger partial charge in [0.1, 0.15) is 5.25 Å². The van der Waals surface area contributed by atoms with Crippen LogP contribution in [0.5, 0.6) is 0 Å². The maximum Gasteiger partial charge on any atom is 0.316 e. The van der Waals surface area contributed by atoms with Crippen LogP contribution in [-0.4, -0.2) is 22.1 Å². The first-order valence-corrected chi connectivity index (χ1v) is 6.59. The summed E-state index contributed by atoms with van der Waals surface area (Å²) in [5.74, 6) is 0.480. The van der Waals surface area contributed by atoms with E-state index in [-0.39, 0.29) is 11.2 Å². The SMILES string of the molecule is C=CCCCCCSC(C(=O)O)C(C)C. The number of hydrogen-bond acceptors (Lipinski definition) is 2. The van der Waals surface area contributed by atoms with Crippen LogP contribution in [0.25, 0.3) is 0 Å². The minimum Gasteiger partial charge on any atom is -0.480 e. The van der Waals surface area contributed by atoms with Crippen LogP contribution in [0, 0.1) is 5.92 Å². The zero-order valence-corrected chi connectivity index (χ0v) is 10.6. The lowest BCUT2D eigenvalue weighted by atomic mass is 10.1. The normalized spacial score (nSPS) is 12.7. The fourth-order valence-corrected chi connectivity index (χ4v) is 2.48. The summed E-state index contributed by atoms with van der Waals surface area (Å²) in [6, 6.07) is 0. The van der Waals surface area contributed by atoms with Crippen molar-refractivity contribution in [3.05, 3.63) is 12.7 Å². The lowest BCUT2D eigenvalue weighted by molar-refractivity contribution is -0.137. The van der Waals surface area contributed by atoms with Crippen molar-refractivity contribution in [1.82, 2.24) is 0 Å². The molecule has 3 heteroatoms. The Bertz CT molecular complexity index is 190. The molecule has 88 valence electrons. The summed E-state index contributed by atoms with van der Waals surface area (Å²) in [5, 5.41) is 8.70. The molecule has 0 saturated carbocycles. The van der Waals surface area contributed by atoms with Gasteiger partial charge in [-0.3, -0.25) is 4.79 Å². The van der Waals surface area contributed by atoms with Crippen molar-refractivity contribution in [3.8, 4) is 0 Å². The summed E-state index contributed by atoms with van der Waals surface area (Å²) in [7, 11) is 0. The van der Waals surface area contributed by atoms with Crippen LogP contribution in [0.1, 0.15) is 39.5 Å². The second-order valence-corrected chi connectivity index (χ2v) is 5.26. The number of carboxylic acid groups (broad SMARTS) is 1. The molecule has 2 nitrogen and oxygen atoms in total. The second-order valence-electron chi connectivity index (χ2n) is 4.01. The standard InChI is InChI=1S/C12H22O2S/c1-4-5-6-7-8-9-15-11(10(2)3)12(13)14/h4,10-11H,1,5-9H2,2-3H3,(H,13,14). The van der Waals surface area contributed by atoms with Crippen LogP contribution in [0.3, 0.4) is 0 Å². The van der Waals surface area contributed by atoms with Crippen LogP contribution in [0.15, 0.2) is 12.7 Å². The van der Waals surface area contributed by atoms with Crippen molar-refractivity contribution in [2.45, 2.75) is 44.8 Å². The summed E-state index contributed by atoms with van der Waals surface area (Å²) >= 11 is 1.57. The Balaban J connectivity index is 3.54. The van der Waals surface area contributed by atoms with Crippen molar-refractivity contribution >= 4 is 17.7 Å². The Kier molecular flexibility index (Phi) is 8.58. The highest BCUT2D eigenvalue weighted by Crippen LogP contribution is 2.21. The summed E-state index contributed by atoms with van der Waals surface area (Å²) in [6.07, 6.45) is 6.44. The van der Waals surface area contributed by atoms with E-state index < -0.39 is 5.97 Å². The molecule has 0 heterocycles. The Morgan fingerprint density at radius 2 is 2.07 bits per heavy atom. The number of rotatable bonds is 9. The van der Waals surface area contributed by atoms with Gasteiger partial charge in [0, 0.05) is 0 Å². The molecule has 0 aromatic carbocycles. The number of thioether (sulfide) groups is 1. The number of carboxylic acids is 1. The van der Waals surface area contributed by atoms with Crippen molar-refractivity contribution in [2.75, 3.05) is 5.75 Å². The molecule has 0 radical (unpaired) electrons. The fourth-order valence-electron chi connectivity index (χ4n) is 1.33. The third kappa shape index (κ3) is 7.48. The number of carbonyl (C=O) groups is 1. The number of unbranched alkanes of at least 4 members (excludes halogenated alkanes) is 3. The number of hydrogen-bond donors (Lipinski definition) is 1. The third-order valence-electron chi connectivity index (χ3n) is 2.20. The molecular formula is C12H22O2S. The maximum atomic E-state index is 10.9. The lowest BCUT2D eigenvalue weighted by Crippen LogP contribution is -2.22. The lowest BCUT2D eigenvalue weighted by Gasteiger charge is -2.15. The molecule has 0 aliphatic rings. The van der Waals surface area contributed by atoms with Gasteiger partial charge in [-0.05, 0) is 30.9 Å².